The first-order chi connectivity index (χ1) is 10.9. The minimum Gasteiger partial charge on any atom is -0.495 e. The van der Waals surface area contributed by atoms with E-state index in [9.17, 15) is 14.9 Å². The molecule has 1 N–H and O–H groups in total. The van der Waals surface area contributed by atoms with Crippen molar-refractivity contribution in [2.45, 2.75) is 6.92 Å². The Balaban J connectivity index is 2.09. The van der Waals surface area contributed by atoms with E-state index in [-0.39, 0.29) is 18.0 Å². The molecular formula is C16H15ClN2O4. The highest BCUT2D eigenvalue weighted by Crippen LogP contribution is 2.25. The number of ketones is 1. The Bertz CT molecular complexity index is 762. The number of ether oxygens (including phenoxy) is 1. The zero-order valence-electron chi connectivity index (χ0n) is 12.6. The molecule has 0 unspecified atom stereocenters. The van der Waals surface area contributed by atoms with Crippen molar-refractivity contribution >= 4 is 28.8 Å². The van der Waals surface area contributed by atoms with Gasteiger partial charge >= 0.3 is 0 Å². The highest BCUT2D eigenvalue weighted by molar-refractivity contribution is 6.32. The Morgan fingerprint density at radius 1 is 1.30 bits per heavy atom. The van der Waals surface area contributed by atoms with E-state index in [0.29, 0.717) is 27.6 Å². The number of benzene rings is 2. The van der Waals surface area contributed by atoms with Crippen molar-refractivity contribution in [1.29, 1.82) is 0 Å². The number of nitrogens with zero attached hydrogens (tertiary/aromatic N) is 1. The number of nitro groups is 1. The zero-order valence-corrected chi connectivity index (χ0v) is 13.4. The number of rotatable bonds is 6. The Morgan fingerprint density at radius 2 is 2.04 bits per heavy atom. The van der Waals surface area contributed by atoms with Gasteiger partial charge in [-0.3, -0.25) is 14.9 Å². The molecule has 0 aliphatic carbocycles. The lowest BCUT2D eigenvalue weighted by atomic mass is 10.1. The predicted molar refractivity (Wildman–Crippen MR) is 88.7 cm³/mol. The Morgan fingerprint density at radius 3 is 2.65 bits per heavy atom. The van der Waals surface area contributed by atoms with E-state index in [1.165, 1.54) is 19.2 Å². The molecule has 0 spiro atoms. The van der Waals surface area contributed by atoms with Crippen LogP contribution in [0.25, 0.3) is 0 Å². The van der Waals surface area contributed by atoms with Gasteiger partial charge < -0.3 is 10.1 Å². The SMILES string of the molecule is COc1ccc(C(=O)CNc2ccc(C)c([N+](=O)[O-])c2)cc1Cl. The number of nitrogens with one attached hydrogen (secondary N) is 1. The number of carbonyl (C=O) groups is 1. The molecule has 0 aromatic heterocycles. The molecule has 0 saturated heterocycles. The van der Waals surface area contributed by atoms with Gasteiger partial charge in [-0.05, 0) is 31.2 Å². The molecule has 0 saturated carbocycles. The maximum Gasteiger partial charge on any atom is 0.274 e. The van der Waals surface area contributed by atoms with Gasteiger partial charge in [0.1, 0.15) is 5.75 Å². The van der Waals surface area contributed by atoms with E-state index < -0.39 is 4.92 Å². The van der Waals surface area contributed by atoms with Crippen LogP contribution < -0.4 is 10.1 Å². The molecule has 7 heteroatoms. The van der Waals surface area contributed by atoms with Gasteiger partial charge in [0.2, 0.25) is 0 Å². The Kier molecular flexibility index (Phi) is 5.18. The van der Waals surface area contributed by atoms with Crippen LogP contribution >= 0.6 is 11.6 Å². The fourth-order valence-electron chi connectivity index (χ4n) is 2.04. The Labute approximate surface area is 138 Å². The number of carbonyl (C=O) groups excluding carboxylic acids is 1. The normalized spacial score (nSPS) is 10.2. The number of hydrogen-bond donors (Lipinski definition) is 1. The van der Waals surface area contributed by atoms with Crippen molar-refractivity contribution in [3.8, 4) is 5.75 Å². The van der Waals surface area contributed by atoms with E-state index in [0.717, 1.165) is 0 Å². The van der Waals surface area contributed by atoms with Crippen LogP contribution in [-0.4, -0.2) is 24.4 Å². The van der Waals surface area contributed by atoms with Gasteiger partial charge in [0.25, 0.3) is 5.69 Å². The van der Waals surface area contributed by atoms with Gasteiger partial charge in [0.15, 0.2) is 5.78 Å². The molecule has 0 aliphatic heterocycles. The van der Waals surface area contributed by atoms with Crippen LogP contribution in [0.5, 0.6) is 5.75 Å². The minimum absolute atomic E-state index is 0.00285. The second kappa shape index (κ2) is 7.11. The third-order valence-electron chi connectivity index (χ3n) is 3.33. The highest BCUT2D eigenvalue weighted by atomic mass is 35.5. The number of halogens is 1. The third-order valence-corrected chi connectivity index (χ3v) is 3.63. The number of Topliss-reactive ketones (excluding diaryl/α,β-unsaturated/α-hetero) is 1. The van der Waals surface area contributed by atoms with Crippen LogP contribution in [0.4, 0.5) is 11.4 Å². The fourth-order valence-corrected chi connectivity index (χ4v) is 2.30. The summed E-state index contributed by atoms with van der Waals surface area (Å²) in [5.74, 6) is 0.308. The number of aryl methyl sites for hydroxylation is 1. The van der Waals surface area contributed by atoms with E-state index >= 15 is 0 Å². The van der Waals surface area contributed by atoms with Crippen LogP contribution in [0.1, 0.15) is 15.9 Å². The molecule has 2 aromatic carbocycles. The van der Waals surface area contributed by atoms with Crippen molar-refractivity contribution in [2.24, 2.45) is 0 Å². The lowest BCUT2D eigenvalue weighted by molar-refractivity contribution is -0.385. The summed E-state index contributed by atoms with van der Waals surface area (Å²) in [5, 5.41) is 14.2. The topological polar surface area (TPSA) is 81.5 Å². The summed E-state index contributed by atoms with van der Waals surface area (Å²) in [7, 11) is 1.49. The second-order valence-electron chi connectivity index (χ2n) is 4.88. The zero-order chi connectivity index (χ0) is 17.0. The molecular weight excluding hydrogens is 320 g/mol. The molecule has 2 aromatic rings. The summed E-state index contributed by atoms with van der Waals surface area (Å²) in [6, 6.07) is 9.50. The quantitative estimate of drug-likeness (QED) is 0.493. The van der Waals surface area contributed by atoms with Crippen LogP contribution in [0.2, 0.25) is 5.02 Å². The summed E-state index contributed by atoms with van der Waals surface area (Å²) in [4.78, 5) is 22.6. The van der Waals surface area contributed by atoms with Crippen LogP contribution in [0, 0.1) is 17.0 Å². The number of hydrogen-bond acceptors (Lipinski definition) is 5. The molecule has 2 rings (SSSR count). The largest absolute Gasteiger partial charge is 0.495 e. The summed E-state index contributed by atoms with van der Waals surface area (Å²) >= 11 is 5.99. The smallest absolute Gasteiger partial charge is 0.274 e. The predicted octanol–water partition coefficient (Wildman–Crippen LogP) is 3.86. The second-order valence-corrected chi connectivity index (χ2v) is 5.29. The first-order valence-electron chi connectivity index (χ1n) is 6.78. The Hall–Kier alpha value is -2.60. The molecule has 0 atom stereocenters. The molecule has 0 fully saturated rings. The standard InChI is InChI=1S/C16H15ClN2O4/c1-10-3-5-12(8-14(10)19(21)22)18-9-15(20)11-4-6-16(23-2)13(17)7-11/h3-8,18H,9H2,1-2H3. The molecule has 120 valence electrons. The van der Waals surface area contributed by atoms with E-state index in [1.54, 1.807) is 31.2 Å². The van der Waals surface area contributed by atoms with Crippen molar-refractivity contribution < 1.29 is 14.5 Å². The molecule has 6 nitrogen and oxygen atoms in total. The van der Waals surface area contributed by atoms with Crippen LogP contribution in [0.3, 0.4) is 0 Å². The maximum atomic E-state index is 12.2. The number of nitro benzene ring substituents is 1. The van der Waals surface area contributed by atoms with Crippen LogP contribution in [0.15, 0.2) is 36.4 Å². The average molecular weight is 335 g/mol. The fraction of sp³-hybridized carbons (Fsp3) is 0.188. The van der Waals surface area contributed by atoms with Crippen molar-refractivity contribution in [3.63, 3.8) is 0 Å². The minimum atomic E-state index is -0.453. The maximum absolute atomic E-state index is 12.2. The van der Waals surface area contributed by atoms with Gasteiger partial charge in [-0.25, -0.2) is 0 Å². The van der Waals surface area contributed by atoms with E-state index in [1.807, 2.05) is 0 Å². The average Bonchev–Trinajstić information content (AvgIpc) is 2.53. The van der Waals surface area contributed by atoms with Crippen molar-refractivity contribution in [1.82, 2.24) is 0 Å². The van der Waals surface area contributed by atoms with Gasteiger partial charge in [0.05, 0.1) is 23.6 Å². The summed E-state index contributed by atoms with van der Waals surface area (Å²) in [6.07, 6.45) is 0. The lowest BCUT2D eigenvalue weighted by Gasteiger charge is -2.08. The van der Waals surface area contributed by atoms with Crippen LogP contribution in [-0.2, 0) is 0 Å². The first-order valence-corrected chi connectivity index (χ1v) is 7.16. The van der Waals surface area contributed by atoms with Crippen molar-refractivity contribution in [2.75, 3.05) is 19.0 Å². The molecule has 0 radical (unpaired) electrons. The van der Waals surface area contributed by atoms with Gasteiger partial charge in [-0.1, -0.05) is 17.7 Å². The molecule has 0 aliphatic rings. The van der Waals surface area contributed by atoms with E-state index in [2.05, 4.69) is 5.32 Å². The molecule has 0 bridgehead atoms. The highest BCUT2D eigenvalue weighted by Gasteiger charge is 2.13. The van der Waals surface area contributed by atoms with E-state index in [4.69, 9.17) is 16.3 Å². The summed E-state index contributed by atoms with van der Waals surface area (Å²) < 4.78 is 5.03. The van der Waals surface area contributed by atoms with Crippen molar-refractivity contribution in [3.05, 3.63) is 62.7 Å². The number of methoxy groups -OCH3 is 1. The monoisotopic (exact) mass is 334 g/mol. The summed E-state index contributed by atoms with van der Waals surface area (Å²) in [6.45, 7) is 1.66. The summed E-state index contributed by atoms with van der Waals surface area (Å²) in [5.41, 5.74) is 1.52. The lowest BCUT2D eigenvalue weighted by Crippen LogP contribution is -2.14. The molecule has 23 heavy (non-hydrogen) atoms. The van der Waals surface area contributed by atoms with Gasteiger partial charge in [-0.2, -0.15) is 0 Å². The van der Waals surface area contributed by atoms with Gasteiger partial charge in [0, 0.05) is 22.9 Å². The molecule has 0 amide bonds. The first kappa shape index (κ1) is 16.8. The third kappa shape index (κ3) is 3.98. The van der Waals surface area contributed by atoms with Gasteiger partial charge in [-0.15, -0.1) is 0 Å². The molecule has 0 heterocycles. The number of anilines is 1.